The second kappa shape index (κ2) is 6.36. The Morgan fingerprint density at radius 2 is 1.05 bits per heavy atom. The lowest BCUT2D eigenvalue weighted by Crippen LogP contribution is -2.44. The molecule has 2 fully saturated rings. The fraction of sp³-hybridized carbons (Fsp3) is 1.00. The standard InChI is InChI=1S/C14H31N4P/c1-12(2)16-9-7-15-8-10-17(13(3)4)19(16)18(11-15)14(5)6/h12-14H,7-11H2,1-6H3. The van der Waals surface area contributed by atoms with Crippen molar-refractivity contribution in [3.8, 4) is 0 Å². The lowest BCUT2D eigenvalue weighted by molar-refractivity contribution is 0.191. The molecule has 0 amide bonds. The first-order chi connectivity index (χ1) is 8.91. The highest BCUT2D eigenvalue weighted by atomic mass is 31.2. The number of fused-ring (bicyclic) bond motifs is 3. The number of hydrogen-bond donors (Lipinski definition) is 0. The number of nitrogens with zero attached hydrogens (tertiary/aromatic N) is 4. The van der Waals surface area contributed by atoms with Gasteiger partial charge < -0.3 is 0 Å². The Morgan fingerprint density at radius 1 is 0.632 bits per heavy atom. The van der Waals surface area contributed by atoms with Crippen LogP contribution in [0.5, 0.6) is 0 Å². The minimum absolute atomic E-state index is 0.307. The van der Waals surface area contributed by atoms with Crippen molar-refractivity contribution in [1.82, 2.24) is 18.9 Å². The maximum absolute atomic E-state index is 2.74. The molecule has 0 aromatic heterocycles. The quantitative estimate of drug-likeness (QED) is 0.739. The van der Waals surface area contributed by atoms with E-state index in [-0.39, 0.29) is 8.37 Å². The summed E-state index contributed by atoms with van der Waals surface area (Å²) in [6, 6.07) is 1.88. The van der Waals surface area contributed by atoms with E-state index in [0.717, 1.165) is 6.67 Å². The van der Waals surface area contributed by atoms with Gasteiger partial charge in [0.2, 0.25) is 0 Å². The SMILES string of the molecule is CC(C)N1CCN2CCN(C(C)C)P1N(C(C)C)C2. The third-order valence-corrected chi connectivity index (χ3v) is 7.40. The summed E-state index contributed by atoms with van der Waals surface area (Å²) in [6.45, 7) is 20.1. The van der Waals surface area contributed by atoms with Crippen LogP contribution in [0.4, 0.5) is 0 Å². The molecule has 2 rings (SSSR count). The summed E-state index contributed by atoms with van der Waals surface area (Å²) in [5.74, 6) is 0. The van der Waals surface area contributed by atoms with Crippen LogP contribution in [0.1, 0.15) is 41.5 Å². The second-order valence-electron chi connectivity index (χ2n) is 6.57. The first-order valence-corrected chi connectivity index (χ1v) is 8.94. The van der Waals surface area contributed by atoms with Gasteiger partial charge >= 0.3 is 0 Å². The normalized spacial score (nSPS) is 31.4. The van der Waals surface area contributed by atoms with E-state index in [1.165, 1.54) is 26.2 Å². The molecule has 19 heavy (non-hydrogen) atoms. The Balaban J connectivity index is 2.35. The summed E-state index contributed by atoms with van der Waals surface area (Å²) in [6.07, 6.45) is 0. The smallest absolute Gasteiger partial charge is 0.122 e. The summed E-state index contributed by atoms with van der Waals surface area (Å²) in [4.78, 5) is 2.64. The lowest BCUT2D eigenvalue weighted by atomic mass is 10.3. The molecule has 0 unspecified atom stereocenters. The van der Waals surface area contributed by atoms with Gasteiger partial charge in [-0.2, -0.15) is 0 Å². The van der Waals surface area contributed by atoms with Crippen molar-refractivity contribution in [2.24, 2.45) is 0 Å². The van der Waals surface area contributed by atoms with Gasteiger partial charge in [0.25, 0.3) is 0 Å². The van der Waals surface area contributed by atoms with Crippen molar-refractivity contribution in [1.29, 1.82) is 0 Å². The van der Waals surface area contributed by atoms with Crippen LogP contribution in [-0.4, -0.2) is 69.9 Å². The zero-order chi connectivity index (χ0) is 14.2. The first kappa shape index (κ1) is 15.7. The van der Waals surface area contributed by atoms with Crippen molar-refractivity contribution in [2.45, 2.75) is 59.7 Å². The summed E-state index contributed by atoms with van der Waals surface area (Å²) in [5, 5.41) is 0. The topological polar surface area (TPSA) is 13.0 Å². The predicted octanol–water partition coefficient (Wildman–Crippen LogP) is 2.63. The Morgan fingerprint density at radius 3 is 1.42 bits per heavy atom. The van der Waals surface area contributed by atoms with E-state index < -0.39 is 0 Å². The molecule has 0 radical (unpaired) electrons. The molecule has 112 valence electrons. The molecule has 0 saturated carbocycles. The molecule has 0 atom stereocenters. The zero-order valence-corrected chi connectivity index (χ0v) is 14.4. The molecule has 0 aliphatic carbocycles. The maximum Gasteiger partial charge on any atom is 0.122 e. The minimum atomic E-state index is -0.307. The second-order valence-corrected chi connectivity index (χ2v) is 8.65. The Kier molecular flexibility index (Phi) is 5.24. The van der Waals surface area contributed by atoms with Gasteiger partial charge in [-0.3, -0.25) is 14.2 Å². The van der Waals surface area contributed by atoms with Crippen LogP contribution in [-0.2, 0) is 0 Å². The molecule has 2 saturated heterocycles. The van der Waals surface area contributed by atoms with Crippen LogP contribution >= 0.6 is 8.37 Å². The van der Waals surface area contributed by atoms with Crippen molar-refractivity contribution in [3.05, 3.63) is 0 Å². The van der Waals surface area contributed by atoms with Crippen LogP contribution < -0.4 is 0 Å². The number of hydrogen-bond acceptors (Lipinski definition) is 4. The molecule has 0 spiro atoms. The molecule has 2 heterocycles. The fourth-order valence-electron chi connectivity index (χ4n) is 2.92. The average Bonchev–Trinajstić information content (AvgIpc) is 2.57. The Hall–Kier alpha value is 0.270. The van der Waals surface area contributed by atoms with Crippen LogP contribution in [0, 0.1) is 0 Å². The van der Waals surface area contributed by atoms with E-state index in [1.807, 2.05) is 0 Å². The molecule has 0 aromatic rings. The first-order valence-electron chi connectivity index (χ1n) is 7.74. The van der Waals surface area contributed by atoms with E-state index in [4.69, 9.17) is 0 Å². The molecule has 0 N–H and O–H groups in total. The highest BCUT2D eigenvalue weighted by molar-refractivity contribution is 7.50. The van der Waals surface area contributed by atoms with Crippen LogP contribution in [0.15, 0.2) is 0 Å². The molecule has 2 aliphatic heterocycles. The molecular formula is C14H31N4P. The van der Waals surface area contributed by atoms with Gasteiger partial charge in [0.15, 0.2) is 0 Å². The van der Waals surface area contributed by atoms with E-state index in [9.17, 15) is 0 Å². The summed E-state index contributed by atoms with van der Waals surface area (Å²) in [7, 11) is -0.307. The highest BCUT2D eigenvalue weighted by Gasteiger charge is 2.41. The molecule has 5 heteroatoms. The largest absolute Gasteiger partial charge is 0.288 e. The Labute approximate surface area is 120 Å². The van der Waals surface area contributed by atoms with Crippen LogP contribution in [0.3, 0.4) is 0 Å². The highest BCUT2D eigenvalue weighted by Crippen LogP contribution is 2.53. The molecular weight excluding hydrogens is 255 g/mol. The van der Waals surface area contributed by atoms with E-state index >= 15 is 0 Å². The monoisotopic (exact) mass is 286 g/mol. The molecule has 0 aromatic carbocycles. The molecule has 4 nitrogen and oxygen atoms in total. The fourth-order valence-corrected chi connectivity index (χ4v) is 5.88. The predicted molar refractivity (Wildman–Crippen MR) is 84.0 cm³/mol. The summed E-state index contributed by atoms with van der Waals surface area (Å²) < 4.78 is 8.22. The van der Waals surface area contributed by atoms with E-state index in [0.29, 0.717) is 18.1 Å². The van der Waals surface area contributed by atoms with Crippen LogP contribution in [0.25, 0.3) is 0 Å². The Bertz CT molecular complexity index is 275. The third kappa shape index (κ3) is 3.30. The van der Waals surface area contributed by atoms with E-state index in [2.05, 4.69) is 60.5 Å². The average molecular weight is 286 g/mol. The van der Waals surface area contributed by atoms with Gasteiger partial charge in [-0.15, -0.1) is 0 Å². The van der Waals surface area contributed by atoms with E-state index in [1.54, 1.807) is 0 Å². The number of rotatable bonds is 3. The van der Waals surface area contributed by atoms with Gasteiger partial charge in [-0.25, -0.2) is 4.67 Å². The third-order valence-electron chi connectivity index (χ3n) is 4.11. The van der Waals surface area contributed by atoms with Crippen molar-refractivity contribution in [2.75, 3.05) is 32.8 Å². The van der Waals surface area contributed by atoms with Crippen molar-refractivity contribution in [3.63, 3.8) is 0 Å². The summed E-state index contributed by atoms with van der Waals surface area (Å²) in [5.41, 5.74) is 0. The van der Waals surface area contributed by atoms with Crippen LogP contribution in [0.2, 0.25) is 0 Å². The van der Waals surface area contributed by atoms with Gasteiger partial charge in [-0.1, -0.05) is 0 Å². The molecule has 2 bridgehead atoms. The maximum atomic E-state index is 2.74. The minimum Gasteiger partial charge on any atom is -0.288 e. The van der Waals surface area contributed by atoms with Crippen molar-refractivity contribution >= 4 is 8.37 Å². The van der Waals surface area contributed by atoms with Gasteiger partial charge in [-0.05, 0) is 41.5 Å². The lowest BCUT2D eigenvalue weighted by Gasteiger charge is -2.47. The summed E-state index contributed by atoms with van der Waals surface area (Å²) >= 11 is 0. The van der Waals surface area contributed by atoms with Crippen molar-refractivity contribution < 1.29 is 0 Å². The zero-order valence-electron chi connectivity index (χ0n) is 13.5. The van der Waals surface area contributed by atoms with Gasteiger partial charge in [0.1, 0.15) is 8.37 Å². The van der Waals surface area contributed by atoms with Gasteiger partial charge in [0, 0.05) is 44.3 Å². The van der Waals surface area contributed by atoms with Gasteiger partial charge in [0.05, 0.1) is 6.67 Å². The molecule has 2 aliphatic rings.